The van der Waals surface area contributed by atoms with Crippen molar-refractivity contribution in [3.63, 3.8) is 0 Å². The topological polar surface area (TPSA) is 59.9 Å². The molecule has 2 aromatic rings. The second-order valence-electron chi connectivity index (χ2n) is 4.94. The molecule has 0 bridgehead atoms. The molecule has 6 heteroatoms. The molecule has 2 heterocycles. The molecular formula is C14H18N4OS. The van der Waals surface area contributed by atoms with Crippen LogP contribution >= 0.6 is 11.3 Å². The maximum absolute atomic E-state index is 5.10. The van der Waals surface area contributed by atoms with Crippen LogP contribution in [0.25, 0.3) is 0 Å². The molecule has 20 heavy (non-hydrogen) atoms. The third-order valence-corrected chi connectivity index (χ3v) is 4.79. The van der Waals surface area contributed by atoms with Gasteiger partial charge in [-0.1, -0.05) is 0 Å². The predicted octanol–water partition coefficient (Wildman–Crippen LogP) is 2.99. The van der Waals surface area contributed by atoms with Crippen molar-refractivity contribution in [3.05, 3.63) is 28.0 Å². The van der Waals surface area contributed by atoms with Crippen LogP contribution in [0.1, 0.15) is 41.4 Å². The number of anilines is 1. The Bertz CT molecular complexity index is 575. The molecule has 1 atom stereocenters. The molecule has 1 aliphatic carbocycles. The lowest BCUT2D eigenvalue weighted by Gasteiger charge is -2.11. The van der Waals surface area contributed by atoms with Gasteiger partial charge in [0.05, 0.1) is 18.8 Å². The summed E-state index contributed by atoms with van der Waals surface area (Å²) in [5, 5.41) is 4.49. The fourth-order valence-electron chi connectivity index (χ4n) is 2.37. The van der Waals surface area contributed by atoms with E-state index in [0.29, 0.717) is 5.88 Å². The fourth-order valence-corrected chi connectivity index (χ4v) is 3.53. The Balaban J connectivity index is 1.75. The van der Waals surface area contributed by atoms with Crippen molar-refractivity contribution in [2.24, 2.45) is 0 Å². The van der Waals surface area contributed by atoms with Crippen LogP contribution in [0.2, 0.25) is 0 Å². The molecule has 5 nitrogen and oxygen atoms in total. The second-order valence-corrected chi connectivity index (χ2v) is 6.06. The highest BCUT2D eigenvalue weighted by atomic mass is 32.1. The summed E-state index contributed by atoms with van der Waals surface area (Å²) >= 11 is 1.82. The number of hydrogen-bond acceptors (Lipinski definition) is 6. The highest BCUT2D eigenvalue weighted by Gasteiger charge is 2.18. The third kappa shape index (κ3) is 2.75. The SMILES string of the molecule is COc1cc(NC(C)c2nc3c(s2)CCCC3)ncn1. The minimum Gasteiger partial charge on any atom is -0.481 e. The van der Waals surface area contributed by atoms with E-state index in [2.05, 4.69) is 22.2 Å². The molecule has 1 unspecified atom stereocenters. The minimum atomic E-state index is 0.144. The van der Waals surface area contributed by atoms with Crippen LogP contribution in [0.5, 0.6) is 5.88 Å². The molecule has 106 valence electrons. The Morgan fingerprint density at radius 1 is 1.30 bits per heavy atom. The van der Waals surface area contributed by atoms with Crippen LogP contribution in [0.4, 0.5) is 5.82 Å². The lowest BCUT2D eigenvalue weighted by Crippen LogP contribution is -2.08. The average Bonchev–Trinajstić information content (AvgIpc) is 2.91. The molecule has 3 rings (SSSR count). The summed E-state index contributed by atoms with van der Waals surface area (Å²) in [4.78, 5) is 14.4. The highest BCUT2D eigenvalue weighted by Crippen LogP contribution is 2.31. The first kappa shape index (κ1) is 13.3. The second kappa shape index (κ2) is 5.75. The Hall–Kier alpha value is -1.69. The van der Waals surface area contributed by atoms with Gasteiger partial charge < -0.3 is 10.1 Å². The van der Waals surface area contributed by atoms with Gasteiger partial charge in [0.25, 0.3) is 0 Å². The van der Waals surface area contributed by atoms with Gasteiger partial charge in [0.15, 0.2) is 0 Å². The van der Waals surface area contributed by atoms with E-state index in [0.717, 1.165) is 17.2 Å². The van der Waals surface area contributed by atoms with Crippen molar-refractivity contribution < 1.29 is 4.74 Å². The van der Waals surface area contributed by atoms with Crippen LogP contribution in [-0.4, -0.2) is 22.1 Å². The van der Waals surface area contributed by atoms with Crippen molar-refractivity contribution in [2.75, 3.05) is 12.4 Å². The maximum Gasteiger partial charge on any atom is 0.218 e. The number of aromatic nitrogens is 3. The fraction of sp³-hybridized carbons (Fsp3) is 0.500. The van der Waals surface area contributed by atoms with Crippen molar-refractivity contribution >= 4 is 17.2 Å². The van der Waals surface area contributed by atoms with Crippen LogP contribution in [0, 0.1) is 0 Å². The molecule has 2 aromatic heterocycles. The first-order chi connectivity index (χ1) is 9.76. The lowest BCUT2D eigenvalue weighted by molar-refractivity contribution is 0.397. The predicted molar refractivity (Wildman–Crippen MR) is 79.4 cm³/mol. The molecule has 1 aliphatic rings. The van der Waals surface area contributed by atoms with E-state index >= 15 is 0 Å². The van der Waals surface area contributed by atoms with Crippen LogP contribution in [0.15, 0.2) is 12.4 Å². The molecule has 0 aromatic carbocycles. The van der Waals surface area contributed by atoms with Gasteiger partial charge in [-0.2, -0.15) is 0 Å². The van der Waals surface area contributed by atoms with E-state index in [4.69, 9.17) is 9.72 Å². The van der Waals surface area contributed by atoms with Crippen molar-refractivity contribution in [3.8, 4) is 5.88 Å². The number of fused-ring (bicyclic) bond motifs is 1. The number of rotatable bonds is 4. The van der Waals surface area contributed by atoms with E-state index in [1.165, 1.54) is 36.2 Å². The summed E-state index contributed by atoms with van der Waals surface area (Å²) in [7, 11) is 1.60. The Morgan fingerprint density at radius 2 is 2.15 bits per heavy atom. The molecule has 0 radical (unpaired) electrons. The number of nitrogens with zero attached hydrogens (tertiary/aromatic N) is 3. The summed E-state index contributed by atoms with van der Waals surface area (Å²) in [6, 6.07) is 1.94. The summed E-state index contributed by atoms with van der Waals surface area (Å²) in [5.74, 6) is 1.32. The molecule has 0 saturated heterocycles. The Morgan fingerprint density at radius 3 is 2.95 bits per heavy atom. The van der Waals surface area contributed by atoms with E-state index in [1.54, 1.807) is 13.2 Å². The molecule has 0 fully saturated rings. The molecule has 0 aliphatic heterocycles. The van der Waals surface area contributed by atoms with Gasteiger partial charge in [-0.25, -0.2) is 15.0 Å². The lowest BCUT2D eigenvalue weighted by atomic mass is 10.0. The molecule has 1 N–H and O–H groups in total. The summed E-state index contributed by atoms with van der Waals surface area (Å²) in [6.07, 6.45) is 6.36. The zero-order chi connectivity index (χ0) is 13.9. The van der Waals surface area contributed by atoms with Gasteiger partial charge in [-0.05, 0) is 32.6 Å². The number of methoxy groups -OCH3 is 1. The largest absolute Gasteiger partial charge is 0.481 e. The van der Waals surface area contributed by atoms with E-state index in [1.807, 2.05) is 11.3 Å². The first-order valence-electron chi connectivity index (χ1n) is 6.87. The summed E-state index contributed by atoms with van der Waals surface area (Å²) < 4.78 is 5.10. The standard InChI is InChI=1S/C14H18N4OS/c1-9(17-12-7-13(19-2)16-8-15-12)14-18-10-5-3-4-6-11(10)20-14/h7-9H,3-6H2,1-2H3,(H,15,16,17). The van der Waals surface area contributed by atoms with E-state index in [-0.39, 0.29) is 6.04 Å². The Kier molecular flexibility index (Phi) is 3.82. The van der Waals surface area contributed by atoms with Gasteiger partial charge in [-0.3, -0.25) is 0 Å². The molecular weight excluding hydrogens is 272 g/mol. The quantitative estimate of drug-likeness (QED) is 0.938. The zero-order valence-corrected chi connectivity index (χ0v) is 12.5. The van der Waals surface area contributed by atoms with Crippen molar-refractivity contribution in [2.45, 2.75) is 38.6 Å². The van der Waals surface area contributed by atoms with E-state index < -0.39 is 0 Å². The van der Waals surface area contributed by atoms with Crippen molar-refractivity contribution in [1.82, 2.24) is 15.0 Å². The maximum atomic E-state index is 5.10. The van der Waals surface area contributed by atoms with Crippen molar-refractivity contribution in [1.29, 1.82) is 0 Å². The molecule has 0 saturated carbocycles. The van der Waals surface area contributed by atoms with Gasteiger partial charge in [0.2, 0.25) is 5.88 Å². The first-order valence-corrected chi connectivity index (χ1v) is 7.69. The summed E-state index contributed by atoms with van der Waals surface area (Å²) in [6.45, 7) is 2.11. The monoisotopic (exact) mass is 290 g/mol. The third-order valence-electron chi connectivity index (χ3n) is 3.45. The van der Waals surface area contributed by atoms with Crippen LogP contribution < -0.4 is 10.1 Å². The summed E-state index contributed by atoms with van der Waals surface area (Å²) in [5.41, 5.74) is 1.30. The number of aryl methyl sites for hydroxylation is 2. The van der Waals surface area contributed by atoms with Gasteiger partial charge in [0.1, 0.15) is 17.2 Å². The van der Waals surface area contributed by atoms with Gasteiger partial charge in [0, 0.05) is 10.9 Å². The number of thiazole rings is 1. The Labute approximate surface area is 122 Å². The number of nitrogens with one attached hydrogen (secondary N) is 1. The smallest absolute Gasteiger partial charge is 0.218 e. The van der Waals surface area contributed by atoms with E-state index in [9.17, 15) is 0 Å². The van der Waals surface area contributed by atoms with Crippen LogP contribution in [0.3, 0.4) is 0 Å². The highest BCUT2D eigenvalue weighted by molar-refractivity contribution is 7.11. The number of hydrogen-bond donors (Lipinski definition) is 1. The minimum absolute atomic E-state index is 0.144. The molecule has 0 amide bonds. The number of ether oxygens (including phenoxy) is 1. The zero-order valence-electron chi connectivity index (χ0n) is 11.7. The van der Waals surface area contributed by atoms with Gasteiger partial charge in [-0.15, -0.1) is 11.3 Å². The van der Waals surface area contributed by atoms with Crippen LogP contribution in [-0.2, 0) is 12.8 Å². The average molecular weight is 290 g/mol. The molecule has 0 spiro atoms. The normalized spacial score (nSPS) is 15.5. The van der Waals surface area contributed by atoms with Gasteiger partial charge >= 0.3 is 0 Å².